The lowest BCUT2D eigenvalue weighted by atomic mass is 10.1. The number of hydrogen-bond donors (Lipinski definition) is 1. The number of aryl methyl sites for hydroxylation is 1. The fraction of sp³-hybridized carbons (Fsp3) is 0.350. The third-order valence-corrected chi connectivity index (χ3v) is 4.30. The molecule has 5 heteroatoms. The van der Waals surface area contributed by atoms with Crippen molar-refractivity contribution in [2.75, 3.05) is 18.5 Å². The third kappa shape index (κ3) is 3.87. The second-order valence-electron chi connectivity index (χ2n) is 6.06. The first kappa shape index (κ1) is 17.1. The first-order chi connectivity index (χ1) is 12.1. The molecule has 1 N–H and O–H groups in total. The molecule has 0 aliphatic carbocycles. The Morgan fingerprint density at radius 2 is 1.92 bits per heavy atom. The van der Waals surface area contributed by atoms with Gasteiger partial charge in [0.2, 0.25) is 0 Å². The molecule has 1 amide bonds. The molecule has 0 spiro atoms. The van der Waals surface area contributed by atoms with E-state index in [1.807, 2.05) is 39.0 Å². The van der Waals surface area contributed by atoms with E-state index in [2.05, 4.69) is 5.32 Å². The second-order valence-corrected chi connectivity index (χ2v) is 6.06. The number of carbonyl (C=O) groups excluding carboxylic acids is 1. The fourth-order valence-corrected chi connectivity index (χ4v) is 2.67. The molecule has 132 valence electrons. The van der Waals surface area contributed by atoms with Crippen LogP contribution in [-0.4, -0.2) is 25.2 Å². The van der Waals surface area contributed by atoms with Crippen molar-refractivity contribution in [3.8, 4) is 17.2 Å². The number of ether oxygens (including phenoxy) is 3. The van der Waals surface area contributed by atoms with Gasteiger partial charge in [-0.15, -0.1) is 0 Å². The van der Waals surface area contributed by atoms with Crippen LogP contribution in [0.3, 0.4) is 0 Å². The lowest BCUT2D eigenvalue weighted by Crippen LogP contribution is -2.32. The number of amides is 1. The highest BCUT2D eigenvalue weighted by Gasteiger charge is 2.20. The van der Waals surface area contributed by atoms with Gasteiger partial charge in [-0.1, -0.05) is 19.1 Å². The van der Waals surface area contributed by atoms with Crippen LogP contribution in [0.5, 0.6) is 17.2 Å². The summed E-state index contributed by atoms with van der Waals surface area (Å²) in [6.07, 6.45) is 0.0118. The van der Waals surface area contributed by atoms with Crippen molar-refractivity contribution in [1.29, 1.82) is 0 Å². The average molecular weight is 341 g/mol. The Balaban J connectivity index is 1.71. The maximum absolute atomic E-state index is 12.6. The molecule has 0 saturated heterocycles. The molecule has 3 rings (SSSR count). The predicted octanol–water partition coefficient (Wildman–Crippen LogP) is 3.87. The van der Waals surface area contributed by atoms with Crippen LogP contribution in [-0.2, 0) is 4.79 Å². The summed E-state index contributed by atoms with van der Waals surface area (Å²) >= 11 is 0. The molecule has 2 aromatic carbocycles. The Bertz CT molecular complexity index is 772. The van der Waals surface area contributed by atoms with Crippen molar-refractivity contribution >= 4 is 11.6 Å². The molecule has 5 nitrogen and oxygen atoms in total. The zero-order valence-electron chi connectivity index (χ0n) is 14.8. The zero-order chi connectivity index (χ0) is 17.8. The van der Waals surface area contributed by atoms with E-state index in [4.69, 9.17) is 14.2 Å². The number of fused-ring (bicyclic) bond motifs is 1. The van der Waals surface area contributed by atoms with E-state index < -0.39 is 6.10 Å². The molecular formula is C20H23NO4. The largest absolute Gasteiger partial charge is 0.486 e. The predicted molar refractivity (Wildman–Crippen MR) is 96.7 cm³/mol. The van der Waals surface area contributed by atoms with Crippen LogP contribution in [0.15, 0.2) is 36.4 Å². The molecule has 0 bridgehead atoms. The summed E-state index contributed by atoms with van der Waals surface area (Å²) in [4.78, 5) is 12.6. The topological polar surface area (TPSA) is 56.8 Å². The van der Waals surface area contributed by atoms with Crippen molar-refractivity contribution in [2.24, 2.45) is 0 Å². The standard InChI is InChI=1S/C20H23NO4/c1-4-16(25-17-7-5-6-13(2)14(17)3)20(22)21-15-8-9-18-19(12-15)24-11-10-23-18/h5-9,12,16H,4,10-11H2,1-3H3,(H,21,22)/t16-/m1/s1. The van der Waals surface area contributed by atoms with Gasteiger partial charge in [0.25, 0.3) is 5.91 Å². The van der Waals surface area contributed by atoms with E-state index >= 15 is 0 Å². The van der Waals surface area contributed by atoms with Crippen molar-refractivity contribution in [1.82, 2.24) is 0 Å². The van der Waals surface area contributed by atoms with Crippen molar-refractivity contribution in [2.45, 2.75) is 33.3 Å². The number of carbonyl (C=O) groups is 1. The van der Waals surface area contributed by atoms with Crippen molar-refractivity contribution in [3.63, 3.8) is 0 Å². The molecule has 1 aliphatic rings. The van der Waals surface area contributed by atoms with E-state index in [1.54, 1.807) is 18.2 Å². The Labute approximate surface area is 147 Å². The smallest absolute Gasteiger partial charge is 0.265 e. The van der Waals surface area contributed by atoms with E-state index in [1.165, 1.54) is 0 Å². The highest BCUT2D eigenvalue weighted by molar-refractivity contribution is 5.94. The summed E-state index contributed by atoms with van der Waals surface area (Å²) in [6, 6.07) is 11.2. The molecule has 25 heavy (non-hydrogen) atoms. The van der Waals surface area contributed by atoms with Gasteiger partial charge in [0.1, 0.15) is 19.0 Å². The van der Waals surface area contributed by atoms with Gasteiger partial charge >= 0.3 is 0 Å². The van der Waals surface area contributed by atoms with Crippen LogP contribution in [0.25, 0.3) is 0 Å². The highest BCUT2D eigenvalue weighted by atomic mass is 16.6. The summed E-state index contributed by atoms with van der Waals surface area (Å²) < 4.78 is 17.0. The molecule has 0 aromatic heterocycles. The summed E-state index contributed by atoms with van der Waals surface area (Å²) in [5, 5.41) is 2.90. The maximum atomic E-state index is 12.6. The van der Waals surface area contributed by atoms with Gasteiger partial charge in [-0.2, -0.15) is 0 Å². The number of anilines is 1. The highest BCUT2D eigenvalue weighted by Crippen LogP contribution is 2.32. The van der Waals surface area contributed by atoms with E-state index in [-0.39, 0.29) is 5.91 Å². The van der Waals surface area contributed by atoms with Crippen LogP contribution >= 0.6 is 0 Å². The zero-order valence-corrected chi connectivity index (χ0v) is 14.8. The Morgan fingerprint density at radius 1 is 1.16 bits per heavy atom. The van der Waals surface area contributed by atoms with E-state index in [0.717, 1.165) is 16.9 Å². The number of nitrogens with one attached hydrogen (secondary N) is 1. The Hall–Kier alpha value is -2.69. The SMILES string of the molecule is CC[C@@H](Oc1cccc(C)c1C)C(=O)Nc1ccc2c(c1)OCCO2. The van der Waals surface area contributed by atoms with Crippen LogP contribution in [0.2, 0.25) is 0 Å². The molecule has 0 unspecified atom stereocenters. The number of rotatable bonds is 5. The summed E-state index contributed by atoms with van der Waals surface area (Å²) in [5.74, 6) is 1.90. The normalized spacial score (nSPS) is 13.9. The minimum Gasteiger partial charge on any atom is -0.486 e. The monoisotopic (exact) mass is 341 g/mol. The number of hydrogen-bond acceptors (Lipinski definition) is 4. The van der Waals surface area contributed by atoms with Crippen molar-refractivity contribution in [3.05, 3.63) is 47.5 Å². The lowest BCUT2D eigenvalue weighted by molar-refractivity contribution is -0.122. The molecule has 0 saturated carbocycles. The molecule has 1 atom stereocenters. The van der Waals surface area contributed by atoms with Gasteiger partial charge in [-0.3, -0.25) is 4.79 Å². The van der Waals surface area contributed by atoms with Gasteiger partial charge in [0.15, 0.2) is 17.6 Å². The van der Waals surface area contributed by atoms with E-state index in [0.29, 0.717) is 36.8 Å². The summed E-state index contributed by atoms with van der Waals surface area (Å²) in [5.41, 5.74) is 2.85. The first-order valence-electron chi connectivity index (χ1n) is 8.52. The van der Waals surface area contributed by atoms with Gasteiger partial charge in [0.05, 0.1) is 0 Å². The van der Waals surface area contributed by atoms with Gasteiger partial charge in [0, 0.05) is 11.8 Å². The molecule has 0 radical (unpaired) electrons. The minimum absolute atomic E-state index is 0.180. The first-order valence-corrected chi connectivity index (χ1v) is 8.52. The quantitative estimate of drug-likeness (QED) is 0.897. The van der Waals surface area contributed by atoms with E-state index in [9.17, 15) is 4.79 Å². The van der Waals surface area contributed by atoms with Crippen LogP contribution < -0.4 is 19.5 Å². The van der Waals surface area contributed by atoms with Gasteiger partial charge in [-0.25, -0.2) is 0 Å². The van der Waals surface area contributed by atoms with Crippen LogP contribution in [0, 0.1) is 13.8 Å². The van der Waals surface area contributed by atoms with Gasteiger partial charge < -0.3 is 19.5 Å². The molecule has 0 fully saturated rings. The fourth-order valence-electron chi connectivity index (χ4n) is 2.67. The van der Waals surface area contributed by atoms with Gasteiger partial charge in [-0.05, 0) is 49.6 Å². The second kappa shape index (κ2) is 7.47. The molecule has 1 heterocycles. The Kier molecular flexibility index (Phi) is 5.12. The van der Waals surface area contributed by atoms with Crippen LogP contribution in [0.4, 0.5) is 5.69 Å². The number of benzene rings is 2. The molecular weight excluding hydrogens is 318 g/mol. The van der Waals surface area contributed by atoms with Crippen LogP contribution in [0.1, 0.15) is 24.5 Å². The Morgan fingerprint density at radius 3 is 2.68 bits per heavy atom. The maximum Gasteiger partial charge on any atom is 0.265 e. The minimum atomic E-state index is -0.561. The summed E-state index contributed by atoms with van der Waals surface area (Å²) in [6.45, 7) is 7.01. The third-order valence-electron chi connectivity index (χ3n) is 4.30. The molecule has 2 aromatic rings. The summed E-state index contributed by atoms with van der Waals surface area (Å²) in [7, 11) is 0. The average Bonchev–Trinajstić information content (AvgIpc) is 2.62. The lowest BCUT2D eigenvalue weighted by Gasteiger charge is -2.21. The van der Waals surface area contributed by atoms with Crippen molar-refractivity contribution < 1.29 is 19.0 Å². The molecule has 1 aliphatic heterocycles.